The lowest BCUT2D eigenvalue weighted by atomic mass is 10.1. The van der Waals surface area contributed by atoms with E-state index in [1.807, 2.05) is 12.1 Å². The lowest BCUT2D eigenvalue weighted by Crippen LogP contribution is -2.26. The minimum absolute atomic E-state index is 0.0249. The van der Waals surface area contributed by atoms with Gasteiger partial charge in [-0.3, -0.25) is 19.9 Å². The largest absolute Gasteiger partial charge is 0.393 e. The number of nitrogens with zero attached hydrogens (tertiary/aromatic N) is 3. The number of amides is 1. The minimum Gasteiger partial charge on any atom is -0.393 e. The van der Waals surface area contributed by atoms with Crippen molar-refractivity contribution in [2.24, 2.45) is 0 Å². The highest BCUT2D eigenvalue weighted by Gasteiger charge is 2.17. The molecule has 7 nitrogen and oxygen atoms in total. The molecule has 0 aliphatic heterocycles. The first-order chi connectivity index (χ1) is 9.99. The maximum absolute atomic E-state index is 12.3. The van der Waals surface area contributed by atoms with Crippen LogP contribution in [0.3, 0.4) is 0 Å². The fourth-order valence-electron chi connectivity index (χ4n) is 1.91. The van der Waals surface area contributed by atoms with Crippen LogP contribution >= 0.6 is 0 Å². The summed E-state index contributed by atoms with van der Waals surface area (Å²) in [5.41, 5.74) is 6.62. The summed E-state index contributed by atoms with van der Waals surface area (Å²) in [5, 5.41) is 10.7. The molecular weight excluding hydrogens is 272 g/mol. The Hall–Kier alpha value is -2.96. The van der Waals surface area contributed by atoms with Crippen LogP contribution in [0.25, 0.3) is 0 Å². The molecule has 1 amide bonds. The number of hydrogen-bond donors (Lipinski definition) is 1. The predicted octanol–water partition coefficient (Wildman–Crippen LogP) is 1.84. The van der Waals surface area contributed by atoms with E-state index >= 15 is 0 Å². The number of nitrogens with two attached hydrogens (primary N) is 1. The molecule has 1 aromatic carbocycles. The smallest absolute Gasteiger partial charge is 0.292 e. The van der Waals surface area contributed by atoms with Gasteiger partial charge in [0.1, 0.15) is 5.69 Å². The lowest BCUT2D eigenvalue weighted by molar-refractivity contribution is -0.383. The molecular formula is C14H14N4O3. The van der Waals surface area contributed by atoms with E-state index in [4.69, 9.17) is 5.73 Å². The summed E-state index contributed by atoms with van der Waals surface area (Å²) < 4.78 is 0. The Kier molecular flexibility index (Phi) is 4.13. The quantitative estimate of drug-likeness (QED) is 0.525. The van der Waals surface area contributed by atoms with E-state index in [2.05, 4.69) is 4.98 Å². The number of aromatic nitrogens is 1. The number of anilines is 1. The second kappa shape index (κ2) is 6.00. The van der Waals surface area contributed by atoms with Crippen molar-refractivity contribution >= 4 is 17.3 Å². The fourth-order valence-corrected chi connectivity index (χ4v) is 1.91. The number of benzene rings is 1. The van der Waals surface area contributed by atoms with Crippen LogP contribution in [0.15, 0.2) is 42.7 Å². The number of carbonyl (C=O) groups is 1. The highest BCUT2D eigenvalue weighted by atomic mass is 16.6. The van der Waals surface area contributed by atoms with E-state index in [1.165, 1.54) is 23.1 Å². The van der Waals surface area contributed by atoms with Crippen LogP contribution in [-0.2, 0) is 6.54 Å². The molecule has 0 radical (unpaired) electrons. The summed E-state index contributed by atoms with van der Waals surface area (Å²) in [4.78, 5) is 27.8. The second-order valence-electron chi connectivity index (χ2n) is 4.55. The number of nitro benzene ring substituents is 1. The average Bonchev–Trinajstić information content (AvgIpc) is 2.47. The van der Waals surface area contributed by atoms with Gasteiger partial charge in [0.25, 0.3) is 11.6 Å². The molecule has 1 aromatic heterocycles. The molecule has 2 N–H and O–H groups in total. The monoisotopic (exact) mass is 286 g/mol. The molecule has 0 aliphatic carbocycles. The molecule has 0 fully saturated rings. The molecule has 0 saturated heterocycles. The van der Waals surface area contributed by atoms with Crippen LogP contribution in [0.1, 0.15) is 15.9 Å². The van der Waals surface area contributed by atoms with Gasteiger partial charge in [-0.25, -0.2) is 0 Å². The number of rotatable bonds is 4. The number of pyridine rings is 1. The van der Waals surface area contributed by atoms with Gasteiger partial charge in [-0.15, -0.1) is 0 Å². The van der Waals surface area contributed by atoms with Gasteiger partial charge >= 0.3 is 0 Å². The van der Waals surface area contributed by atoms with Crippen molar-refractivity contribution in [3.8, 4) is 0 Å². The average molecular weight is 286 g/mol. The fraction of sp³-hybridized carbons (Fsp3) is 0.143. The highest BCUT2D eigenvalue weighted by Crippen LogP contribution is 2.22. The summed E-state index contributed by atoms with van der Waals surface area (Å²) in [6.45, 7) is 0.415. The van der Waals surface area contributed by atoms with Crippen LogP contribution in [-0.4, -0.2) is 27.8 Å². The zero-order valence-electron chi connectivity index (χ0n) is 11.4. The van der Waals surface area contributed by atoms with Crippen LogP contribution in [0.5, 0.6) is 0 Å². The van der Waals surface area contributed by atoms with Crippen molar-refractivity contribution in [3.63, 3.8) is 0 Å². The molecule has 0 unspecified atom stereocenters. The van der Waals surface area contributed by atoms with E-state index in [-0.39, 0.29) is 17.3 Å². The van der Waals surface area contributed by atoms with E-state index < -0.39 is 4.92 Å². The van der Waals surface area contributed by atoms with Crippen molar-refractivity contribution in [1.29, 1.82) is 0 Å². The zero-order valence-corrected chi connectivity index (χ0v) is 11.4. The van der Waals surface area contributed by atoms with Crippen molar-refractivity contribution in [2.75, 3.05) is 12.8 Å². The summed E-state index contributed by atoms with van der Waals surface area (Å²) >= 11 is 0. The standard InChI is InChI=1S/C14H14N4O3/c1-17(9-10-4-6-16-7-5-10)14(19)11-2-3-13(18(20)21)12(15)8-11/h2-8H,9,15H2,1H3. The summed E-state index contributed by atoms with van der Waals surface area (Å²) in [7, 11) is 1.65. The summed E-state index contributed by atoms with van der Waals surface area (Å²) in [6.07, 6.45) is 3.30. The van der Waals surface area contributed by atoms with Crippen molar-refractivity contribution < 1.29 is 9.72 Å². The van der Waals surface area contributed by atoms with E-state index in [0.717, 1.165) is 5.56 Å². The van der Waals surface area contributed by atoms with Crippen LogP contribution in [0, 0.1) is 10.1 Å². The van der Waals surface area contributed by atoms with Crippen LogP contribution in [0.4, 0.5) is 11.4 Å². The Labute approximate surface area is 121 Å². The topological polar surface area (TPSA) is 102 Å². The third kappa shape index (κ3) is 3.33. The van der Waals surface area contributed by atoms with Crippen molar-refractivity contribution in [3.05, 3.63) is 64.0 Å². The lowest BCUT2D eigenvalue weighted by Gasteiger charge is -2.17. The van der Waals surface area contributed by atoms with Gasteiger partial charge in [-0.2, -0.15) is 0 Å². The van der Waals surface area contributed by atoms with Crippen LogP contribution < -0.4 is 5.73 Å². The van der Waals surface area contributed by atoms with E-state index in [1.54, 1.807) is 19.4 Å². The molecule has 2 rings (SSSR count). The van der Waals surface area contributed by atoms with Gasteiger partial charge in [0, 0.05) is 37.6 Å². The Morgan fingerprint density at radius 3 is 2.57 bits per heavy atom. The number of carbonyl (C=O) groups excluding carboxylic acids is 1. The minimum atomic E-state index is -0.579. The maximum atomic E-state index is 12.3. The molecule has 21 heavy (non-hydrogen) atoms. The van der Waals surface area contributed by atoms with E-state index in [0.29, 0.717) is 12.1 Å². The number of nitrogen functional groups attached to an aromatic ring is 1. The van der Waals surface area contributed by atoms with E-state index in [9.17, 15) is 14.9 Å². The Bertz CT molecular complexity index is 673. The Morgan fingerprint density at radius 1 is 1.33 bits per heavy atom. The van der Waals surface area contributed by atoms with Gasteiger partial charge in [-0.05, 0) is 29.8 Å². The number of hydrogen-bond acceptors (Lipinski definition) is 5. The third-order valence-electron chi connectivity index (χ3n) is 2.99. The summed E-state index contributed by atoms with van der Waals surface area (Å²) in [5.74, 6) is -0.256. The second-order valence-corrected chi connectivity index (χ2v) is 4.55. The van der Waals surface area contributed by atoms with Crippen LogP contribution in [0.2, 0.25) is 0 Å². The molecule has 0 bridgehead atoms. The summed E-state index contributed by atoms with van der Waals surface area (Å²) in [6, 6.07) is 7.59. The van der Waals surface area contributed by atoms with Gasteiger partial charge in [0.05, 0.1) is 4.92 Å². The van der Waals surface area contributed by atoms with Gasteiger partial charge < -0.3 is 10.6 Å². The maximum Gasteiger partial charge on any atom is 0.292 e. The number of nitro groups is 1. The molecule has 0 spiro atoms. The molecule has 0 aliphatic rings. The zero-order chi connectivity index (χ0) is 15.4. The Morgan fingerprint density at radius 2 is 2.00 bits per heavy atom. The molecule has 7 heteroatoms. The first-order valence-corrected chi connectivity index (χ1v) is 6.17. The first-order valence-electron chi connectivity index (χ1n) is 6.17. The third-order valence-corrected chi connectivity index (χ3v) is 2.99. The molecule has 1 heterocycles. The predicted molar refractivity (Wildman–Crippen MR) is 77.5 cm³/mol. The molecule has 2 aromatic rings. The van der Waals surface area contributed by atoms with Gasteiger partial charge in [0.2, 0.25) is 0 Å². The first kappa shape index (κ1) is 14.4. The molecule has 108 valence electrons. The van der Waals surface area contributed by atoms with Crippen molar-refractivity contribution in [1.82, 2.24) is 9.88 Å². The van der Waals surface area contributed by atoms with Crippen molar-refractivity contribution in [2.45, 2.75) is 6.54 Å². The highest BCUT2D eigenvalue weighted by molar-refractivity contribution is 5.95. The van der Waals surface area contributed by atoms with Gasteiger partial charge in [0.15, 0.2) is 0 Å². The SMILES string of the molecule is CN(Cc1ccncc1)C(=O)c1ccc([N+](=O)[O-])c(N)c1. The van der Waals surface area contributed by atoms with Gasteiger partial charge in [-0.1, -0.05) is 0 Å². The normalized spacial score (nSPS) is 10.1. The molecule has 0 atom stereocenters. The Balaban J connectivity index is 2.16. The molecule has 0 saturated carbocycles.